The number of fused-ring (bicyclic) bond motifs is 1. The first-order chi connectivity index (χ1) is 16.2. The maximum absolute atomic E-state index is 13.1. The second-order valence-electron chi connectivity index (χ2n) is 7.43. The standard InChI is InChI=1S/C24H28N2O7S/c1-5-26(6-2)34(29,30)22-13-17(8-11-20(22)31-7-3)25-23(27)15-32-18-9-10-19-16(4)12-24(28)33-21(19)14-18/h8-14H,5-7,15H2,1-4H3,(H,25,27). The lowest BCUT2D eigenvalue weighted by Gasteiger charge is -2.21. The van der Waals surface area contributed by atoms with Gasteiger partial charge in [-0.25, -0.2) is 13.2 Å². The fourth-order valence-corrected chi connectivity index (χ4v) is 5.12. The number of nitrogens with zero attached hydrogens (tertiary/aromatic N) is 1. The van der Waals surface area contributed by atoms with E-state index in [4.69, 9.17) is 13.9 Å². The van der Waals surface area contributed by atoms with Crippen LogP contribution in [-0.2, 0) is 14.8 Å². The highest BCUT2D eigenvalue weighted by Crippen LogP contribution is 2.30. The van der Waals surface area contributed by atoms with Gasteiger partial charge in [-0.15, -0.1) is 0 Å². The number of aryl methyl sites for hydroxylation is 1. The SMILES string of the molecule is CCOc1ccc(NC(=O)COc2ccc3c(C)cc(=O)oc3c2)cc1S(=O)(=O)N(CC)CC. The molecular formula is C24H28N2O7S. The van der Waals surface area contributed by atoms with Gasteiger partial charge < -0.3 is 19.2 Å². The number of ether oxygens (including phenoxy) is 2. The molecule has 0 fully saturated rings. The van der Waals surface area contributed by atoms with Crippen LogP contribution in [0, 0.1) is 6.92 Å². The van der Waals surface area contributed by atoms with Crippen LogP contribution in [0.5, 0.6) is 11.5 Å². The maximum atomic E-state index is 13.1. The number of anilines is 1. The largest absolute Gasteiger partial charge is 0.492 e. The molecule has 2 aromatic carbocycles. The number of hydrogen-bond acceptors (Lipinski definition) is 7. The monoisotopic (exact) mass is 488 g/mol. The molecule has 3 rings (SSSR count). The summed E-state index contributed by atoms with van der Waals surface area (Å²) in [5.41, 5.74) is 0.968. The van der Waals surface area contributed by atoms with E-state index in [0.717, 1.165) is 10.9 Å². The number of rotatable bonds is 10. The average molecular weight is 489 g/mol. The van der Waals surface area contributed by atoms with Gasteiger partial charge in [0.25, 0.3) is 5.91 Å². The van der Waals surface area contributed by atoms with E-state index < -0.39 is 21.6 Å². The highest BCUT2D eigenvalue weighted by atomic mass is 32.2. The van der Waals surface area contributed by atoms with Crippen LogP contribution in [0.4, 0.5) is 5.69 Å². The van der Waals surface area contributed by atoms with Crippen molar-refractivity contribution in [1.82, 2.24) is 4.31 Å². The van der Waals surface area contributed by atoms with E-state index in [0.29, 0.717) is 36.7 Å². The van der Waals surface area contributed by atoms with Crippen LogP contribution in [0.25, 0.3) is 11.0 Å². The molecule has 0 unspecified atom stereocenters. The summed E-state index contributed by atoms with van der Waals surface area (Å²) in [6.07, 6.45) is 0. The van der Waals surface area contributed by atoms with Crippen molar-refractivity contribution in [2.75, 3.05) is 31.6 Å². The number of amides is 1. The van der Waals surface area contributed by atoms with Crippen molar-refractivity contribution >= 4 is 32.6 Å². The summed E-state index contributed by atoms with van der Waals surface area (Å²) in [4.78, 5) is 24.1. The lowest BCUT2D eigenvalue weighted by Crippen LogP contribution is -2.31. The summed E-state index contributed by atoms with van der Waals surface area (Å²) in [6.45, 7) is 7.66. The predicted molar refractivity (Wildman–Crippen MR) is 129 cm³/mol. The van der Waals surface area contributed by atoms with Gasteiger partial charge in [-0.3, -0.25) is 4.79 Å². The second-order valence-corrected chi connectivity index (χ2v) is 9.33. The molecule has 0 saturated heterocycles. The molecule has 3 aromatic rings. The minimum absolute atomic E-state index is 0.0169. The van der Waals surface area contributed by atoms with Gasteiger partial charge in [0, 0.05) is 36.3 Å². The molecule has 0 aliphatic rings. The zero-order chi connectivity index (χ0) is 24.9. The summed E-state index contributed by atoms with van der Waals surface area (Å²) >= 11 is 0. The number of sulfonamides is 1. The normalized spacial score (nSPS) is 11.6. The van der Waals surface area contributed by atoms with Gasteiger partial charge in [-0.1, -0.05) is 13.8 Å². The number of carbonyl (C=O) groups is 1. The molecule has 34 heavy (non-hydrogen) atoms. The van der Waals surface area contributed by atoms with Gasteiger partial charge in [0.15, 0.2) is 6.61 Å². The molecule has 182 valence electrons. The number of nitrogens with one attached hydrogen (secondary N) is 1. The minimum atomic E-state index is -3.81. The molecule has 0 aliphatic carbocycles. The molecule has 10 heteroatoms. The number of carbonyl (C=O) groups excluding carboxylic acids is 1. The Kier molecular flexibility index (Phi) is 7.95. The van der Waals surface area contributed by atoms with Crippen molar-refractivity contribution in [3.63, 3.8) is 0 Å². The van der Waals surface area contributed by atoms with E-state index in [1.807, 2.05) is 0 Å². The first-order valence-electron chi connectivity index (χ1n) is 10.9. The molecular weight excluding hydrogens is 460 g/mol. The summed E-state index contributed by atoms with van der Waals surface area (Å²) < 4.78 is 43.7. The predicted octanol–water partition coefficient (Wildman–Crippen LogP) is 3.55. The molecule has 0 aliphatic heterocycles. The van der Waals surface area contributed by atoms with Gasteiger partial charge >= 0.3 is 5.63 Å². The summed E-state index contributed by atoms with van der Waals surface area (Å²) in [5, 5.41) is 3.42. The minimum Gasteiger partial charge on any atom is -0.492 e. The van der Waals surface area contributed by atoms with Crippen LogP contribution in [0.1, 0.15) is 26.3 Å². The zero-order valence-corrected chi connectivity index (χ0v) is 20.4. The molecule has 1 aromatic heterocycles. The van der Waals surface area contributed by atoms with Gasteiger partial charge in [-0.05, 0) is 49.7 Å². The van der Waals surface area contributed by atoms with Crippen LogP contribution in [0.3, 0.4) is 0 Å². The van der Waals surface area contributed by atoms with E-state index in [-0.39, 0.29) is 17.3 Å². The van der Waals surface area contributed by atoms with Crippen LogP contribution in [0.2, 0.25) is 0 Å². The fourth-order valence-electron chi connectivity index (χ4n) is 3.51. The Morgan fingerprint density at radius 2 is 1.76 bits per heavy atom. The molecule has 1 amide bonds. The number of hydrogen-bond donors (Lipinski definition) is 1. The van der Waals surface area contributed by atoms with Gasteiger partial charge in [-0.2, -0.15) is 4.31 Å². The zero-order valence-electron chi connectivity index (χ0n) is 19.6. The van der Waals surface area contributed by atoms with Crippen LogP contribution < -0.4 is 20.4 Å². The lowest BCUT2D eigenvalue weighted by molar-refractivity contribution is -0.118. The smallest absolute Gasteiger partial charge is 0.336 e. The van der Waals surface area contributed by atoms with Crippen LogP contribution in [-0.4, -0.2) is 44.9 Å². The molecule has 1 N–H and O–H groups in total. The first kappa shape index (κ1) is 25.3. The quantitative estimate of drug-likeness (QED) is 0.434. The molecule has 9 nitrogen and oxygen atoms in total. The highest BCUT2D eigenvalue weighted by molar-refractivity contribution is 7.89. The van der Waals surface area contributed by atoms with Gasteiger partial charge in [0.05, 0.1) is 6.61 Å². The summed E-state index contributed by atoms with van der Waals surface area (Å²) in [5.74, 6) is 0.0885. The Balaban J connectivity index is 1.77. The highest BCUT2D eigenvalue weighted by Gasteiger charge is 2.26. The van der Waals surface area contributed by atoms with Crippen molar-refractivity contribution in [3.8, 4) is 11.5 Å². The molecule has 0 radical (unpaired) electrons. The average Bonchev–Trinajstić information content (AvgIpc) is 2.79. The molecule has 1 heterocycles. The first-order valence-corrected chi connectivity index (χ1v) is 12.4. The van der Waals surface area contributed by atoms with Crippen LogP contribution >= 0.6 is 0 Å². The van der Waals surface area contributed by atoms with E-state index in [1.165, 1.54) is 22.5 Å². The topological polar surface area (TPSA) is 115 Å². The van der Waals surface area contributed by atoms with E-state index in [9.17, 15) is 18.0 Å². The Labute approximate surface area is 198 Å². The van der Waals surface area contributed by atoms with Crippen molar-refractivity contribution in [1.29, 1.82) is 0 Å². The van der Waals surface area contributed by atoms with E-state index >= 15 is 0 Å². The van der Waals surface area contributed by atoms with E-state index in [1.54, 1.807) is 52.0 Å². The Hall–Kier alpha value is -3.37. The summed E-state index contributed by atoms with van der Waals surface area (Å²) in [6, 6.07) is 10.8. The van der Waals surface area contributed by atoms with E-state index in [2.05, 4.69) is 5.32 Å². The molecule has 0 spiro atoms. The Bertz CT molecular complexity index is 1350. The molecule has 0 saturated carbocycles. The number of benzene rings is 2. The van der Waals surface area contributed by atoms with Crippen molar-refractivity contribution in [2.24, 2.45) is 0 Å². The van der Waals surface area contributed by atoms with Gasteiger partial charge in [0.2, 0.25) is 10.0 Å². The molecule has 0 atom stereocenters. The third kappa shape index (κ3) is 5.57. The van der Waals surface area contributed by atoms with Gasteiger partial charge in [0.1, 0.15) is 22.0 Å². The van der Waals surface area contributed by atoms with Crippen molar-refractivity contribution in [3.05, 3.63) is 58.4 Å². The molecule has 0 bridgehead atoms. The van der Waals surface area contributed by atoms with Crippen molar-refractivity contribution in [2.45, 2.75) is 32.6 Å². The lowest BCUT2D eigenvalue weighted by atomic mass is 10.1. The second kappa shape index (κ2) is 10.7. The fraction of sp³-hybridized carbons (Fsp3) is 0.333. The Morgan fingerprint density at radius 3 is 2.44 bits per heavy atom. The third-order valence-corrected chi connectivity index (χ3v) is 7.21. The van der Waals surface area contributed by atoms with Crippen molar-refractivity contribution < 1.29 is 27.1 Å². The third-order valence-electron chi connectivity index (χ3n) is 5.14. The Morgan fingerprint density at radius 1 is 1.03 bits per heavy atom. The maximum Gasteiger partial charge on any atom is 0.336 e. The summed E-state index contributed by atoms with van der Waals surface area (Å²) in [7, 11) is -3.81. The van der Waals surface area contributed by atoms with Crippen LogP contribution in [0.15, 0.2) is 56.6 Å².